The van der Waals surface area contributed by atoms with Gasteiger partial charge in [0.05, 0.1) is 11.8 Å². The van der Waals surface area contributed by atoms with Gasteiger partial charge in [0.1, 0.15) is 11.4 Å². The molecule has 0 amide bonds. The summed E-state index contributed by atoms with van der Waals surface area (Å²) in [6.45, 7) is -1.90. The van der Waals surface area contributed by atoms with Gasteiger partial charge in [-0.15, -0.1) is 0 Å². The zero-order valence-corrected chi connectivity index (χ0v) is 18.1. The van der Waals surface area contributed by atoms with Crippen LogP contribution in [0.2, 0.25) is 0 Å². The summed E-state index contributed by atoms with van der Waals surface area (Å²) in [6, 6.07) is 33.4. The molecule has 0 spiro atoms. The van der Waals surface area contributed by atoms with Gasteiger partial charge in [-0.1, -0.05) is 97.1 Å². The molecule has 5 heteroatoms. The summed E-state index contributed by atoms with van der Waals surface area (Å²) in [5.74, 6) is -0.420. The molecule has 0 fully saturated rings. The Labute approximate surface area is 196 Å². The lowest BCUT2D eigenvalue weighted by molar-refractivity contribution is -0.479. The molecule has 0 bridgehead atoms. The van der Waals surface area contributed by atoms with Crippen LogP contribution >= 0.6 is 0 Å². The van der Waals surface area contributed by atoms with Gasteiger partial charge in [0, 0.05) is 5.56 Å². The molecule has 0 atom stereocenters. The molecule has 0 radical (unpaired) electrons. The van der Waals surface area contributed by atoms with E-state index in [2.05, 4.69) is 0 Å². The molecule has 4 aromatic rings. The molecular weight excluding hydrogens is 432 g/mol. The van der Waals surface area contributed by atoms with E-state index in [0.29, 0.717) is 16.7 Å². The molecule has 0 aliphatic rings. The van der Waals surface area contributed by atoms with Gasteiger partial charge in [-0.25, -0.2) is 4.79 Å². The van der Waals surface area contributed by atoms with E-state index in [1.165, 1.54) is 6.21 Å². The van der Waals surface area contributed by atoms with Crippen LogP contribution in [0.3, 0.4) is 0 Å². The highest BCUT2D eigenvalue weighted by Crippen LogP contribution is 2.25. The second-order valence-corrected chi connectivity index (χ2v) is 7.34. The predicted octanol–water partition coefficient (Wildman–Crippen LogP) is 6.98. The zero-order chi connectivity index (χ0) is 23.8. The normalized spacial score (nSPS) is 11.7. The van der Waals surface area contributed by atoms with Gasteiger partial charge in [-0.05, 0) is 35.4 Å². The Morgan fingerprint density at radius 3 is 1.94 bits per heavy atom. The van der Waals surface area contributed by atoms with E-state index in [0.717, 1.165) is 10.1 Å². The number of ether oxygens (including phenoxy) is 1. The fourth-order valence-corrected chi connectivity index (χ4v) is 3.38. The van der Waals surface area contributed by atoms with Crippen LogP contribution in [0.1, 0.15) is 16.7 Å². The second-order valence-electron chi connectivity index (χ2n) is 7.34. The third-order valence-electron chi connectivity index (χ3n) is 5.02. The van der Waals surface area contributed by atoms with Gasteiger partial charge in [0.25, 0.3) is 0 Å². The van der Waals surface area contributed by atoms with Crippen LogP contribution in [-0.2, 0) is 4.79 Å². The van der Waals surface area contributed by atoms with Gasteiger partial charge in [-0.2, -0.15) is 8.78 Å². The minimum Gasteiger partial charge on any atom is -0.423 e. The predicted molar refractivity (Wildman–Crippen MR) is 130 cm³/mol. The molecule has 0 aliphatic carbocycles. The second kappa shape index (κ2) is 10.9. The van der Waals surface area contributed by atoms with Crippen LogP contribution in [0.5, 0.6) is 5.75 Å². The molecule has 3 nitrogen and oxygen atoms in total. The van der Waals surface area contributed by atoms with Gasteiger partial charge in [0.15, 0.2) is 0 Å². The molecule has 4 rings (SSSR count). The van der Waals surface area contributed by atoms with Crippen molar-refractivity contribution in [1.29, 1.82) is 0 Å². The van der Waals surface area contributed by atoms with Crippen LogP contribution in [-0.4, -0.2) is 16.8 Å². The Morgan fingerprint density at radius 1 is 0.735 bits per heavy atom. The van der Waals surface area contributed by atoms with Crippen molar-refractivity contribution in [3.8, 4) is 5.75 Å². The number of halogens is 2. The van der Waals surface area contributed by atoms with Crippen LogP contribution in [0, 0.1) is 6.55 Å². The minimum atomic E-state index is -1.90. The first kappa shape index (κ1) is 22.7. The lowest BCUT2D eigenvalue weighted by atomic mass is 10.0. The van der Waals surface area contributed by atoms with E-state index in [1.807, 2.05) is 60.7 Å². The zero-order valence-electron chi connectivity index (χ0n) is 18.1. The summed E-state index contributed by atoms with van der Waals surface area (Å²) in [6.07, 6.45) is 2.99. The van der Waals surface area contributed by atoms with Crippen LogP contribution < -0.4 is 4.74 Å². The summed E-state index contributed by atoms with van der Waals surface area (Å²) in [5.41, 5.74) is 2.50. The van der Waals surface area contributed by atoms with Crippen molar-refractivity contribution in [1.82, 2.24) is 0 Å². The van der Waals surface area contributed by atoms with Crippen molar-refractivity contribution in [2.24, 2.45) is 0 Å². The van der Waals surface area contributed by atoms with Crippen LogP contribution in [0.15, 0.2) is 115 Å². The van der Waals surface area contributed by atoms with Crippen molar-refractivity contribution in [3.63, 3.8) is 0 Å². The van der Waals surface area contributed by atoms with Gasteiger partial charge in [-0.3, -0.25) is 4.58 Å². The van der Waals surface area contributed by atoms with E-state index >= 15 is 0 Å². The number of rotatable bonds is 7. The highest BCUT2D eigenvalue weighted by molar-refractivity contribution is 6.22. The fourth-order valence-electron chi connectivity index (χ4n) is 3.38. The van der Waals surface area contributed by atoms with E-state index in [4.69, 9.17) is 4.74 Å². The fraction of sp³-hybridized carbons (Fsp3) is 0. The monoisotopic (exact) mass is 453 g/mol. The summed E-state index contributed by atoms with van der Waals surface area (Å²) in [4.78, 5) is 13.3. The van der Waals surface area contributed by atoms with Crippen molar-refractivity contribution in [2.45, 2.75) is 0 Å². The molecule has 0 saturated heterocycles. The summed E-state index contributed by atoms with van der Waals surface area (Å²) < 4.78 is 34.0. The maximum absolute atomic E-state index is 13.8. The summed E-state index contributed by atoms with van der Waals surface area (Å²) in [5, 5.41) is 0. The molecule has 168 valence electrons. The molecule has 34 heavy (non-hydrogen) atoms. The lowest BCUT2D eigenvalue weighted by Crippen LogP contribution is -2.13. The first-order valence-electron chi connectivity index (χ1n) is 10.6. The average Bonchev–Trinajstić information content (AvgIpc) is 2.88. The van der Waals surface area contributed by atoms with Gasteiger partial charge < -0.3 is 4.74 Å². The van der Waals surface area contributed by atoms with Crippen molar-refractivity contribution in [3.05, 3.63) is 139 Å². The van der Waals surface area contributed by atoms with Crippen molar-refractivity contribution < 1.29 is 22.9 Å². The quantitative estimate of drug-likeness (QED) is 0.0441. The Bertz CT molecular complexity index is 1300. The lowest BCUT2D eigenvalue weighted by Gasteiger charge is -2.13. The molecular formula is C29H21F2NO2. The van der Waals surface area contributed by atoms with Gasteiger partial charge in [0.2, 0.25) is 0 Å². The first-order chi connectivity index (χ1) is 16.6. The average molecular weight is 453 g/mol. The highest BCUT2D eigenvalue weighted by atomic mass is 19.3. The molecule has 4 aromatic carbocycles. The number of carbonyl (C=O) groups excluding carboxylic acids is 1. The van der Waals surface area contributed by atoms with E-state index in [-0.39, 0.29) is 11.4 Å². The number of nitrogens with zero attached hydrogens (tertiary/aromatic N) is 1. The van der Waals surface area contributed by atoms with Gasteiger partial charge >= 0.3 is 12.5 Å². The first-order valence-corrected chi connectivity index (χ1v) is 10.6. The molecule has 0 heterocycles. The number of hydrogen-bond donors (Lipinski definition) is 0. The number of benzene rings is 4. The Balaban J connectivity index is 1.71. The van der Waals surface area contributed by atoms with Crippen LogP contribution in [0.25, 0.3) is 11.6 Å². The number of carbonyl (C=O) groups is 1. The third-order valence-corrected chi connectivity index (χ3v) is 5.02. The molecule has 0 aromatic heterocycles. The summed E-state index contributed by atoms with van der Waals surface area (Å²) in [7, 11) is 0. The Morgan fingerprint density at radius 2 is 1.29 bits per heavy atom. The Kier molecular flexibility index (Phi) is 7.25. The molecule has 0 N–H and O–H groups in total. The van der Waals surface area contributed by atoms with Crippen molar-refractivity contribution >= 4 is 29.5 Å². The van der Waals surface area contributed by atoms with Crippen LogP contribution in [0.4, 0.5) is 14.5 Å². The van der Waals surface area contributed by atoms with Crippen molar-refractivity contribution in [2.75, 3.05) is 0 Å². The third kappa shape index (κ3) is 5.64. The topological polar surface area (TPSA) is 29.3 Å². The smallest absolute Gasteiger partial charge is 0.419 e. The minimum absolute atomic E-state index is 0.171. The number of esters is 1. The molecule has 0 unspecified atom stereocenters. The molecule has 0 aliphatic heterocycles. The van der Waals surface area contributed by atoms with E-state index in [1.54, 1.807) is 60.7 Å². The van der Waals surface area contributed by atoms with E-state index < -0.39 is 12.5 Å². The SMILES string of the molecule is O=C(Oc1ccccc1/C=[N+](/c1ccccc1)[C-](F)F)/C(=C/c1ccccc1)c1ccccc1. The number of hydrogen-bond acceptors (Lipinski definition) is 2. The maximum Gasteiger partial charge on any atom is 0.419 e. The Hall–Kier alpha value is -4.51. The summed E-state index contributed by atoms with van der Waals surface area (Å²) >= 11 is 0. The van der Waals surface area contributed by atoms with E-state index in [9.17, 15) is 13.6 Å². The number of para-hydroxylation sites is 2. The maximum atomic E-state index is 13.8. The molecule has 0 saturated carbocycles. The largest absolute Gasteiger partial charge is 0.423 e. The highest BCUT2D eigenvalue weighted by Gasteiger charge is 2.18. The standard InChI is InChI=1S/C29H21F2NO2/c30-29(31)32(25-17-8-3-9-18-25)21-24-16-10-11-19-27(24)34-28(33)26(23-14-6-2-7-15-23)20-22-12-4-1-5-13-22/h1-21H/b26-20+.